The van der Waals surface area contributed by atoms with Crippen molar-refractivity contribution in [2.45, 2.75) is 78.7 Å². The van der Waals surface area contributed by atoms with Crippen LogP contribution in [0.3, 0.4) is 0 Å². The lowest BCUT2D eigenvalue weighted by molar-refractivity contribution is -0.122. The third kappa shape index (κ3) is 7.98. The van der Waals surface area contributed by atoms with Gasteiger partial charge in [-0.25, -0.2) is 4.39 Å². The SMILES string of the molecule is CCCCCCC(=O)NC(CC(=O)Nc1ccc(CC)c(F)c1)C(C)C. The zero-order valence-corrected chi connectivity index (χ0v) is 16.5. The van der Waals surface area contributed by atoms with Gasteiger partial charge in [0.05, 0.1) is 0 Å². The first-order chi connectivity index (χ1) is 12.4. The zero-order chi connectivity index (χ0) is 19.5. The lowest BCUT2D eigenvalue weighted by Gasteiger charge is -2.22. The highest BCUT2D eigenvalue weighted by atomic mass is 19.1. The fourth-order valence-electron chi connectivity index (χ4n) is 2.77. The van der Waals surface area contributed by atoms with Gasteiger partial charge in [0, 0.05) is 24.6 Å². The predicted molar refractivity (Wildman–Crippen MR) is 105 cm³/mol. The summed E-state index contributed by atoms with van der Waals surface area (Å²) in [6, 6.07) is 4.50. The number of halogens is 1. The van der Waals surface area contributed by atoms with E-state index in [0.29, 0.717) is 24.1 Å². The largest absolute Gasteiger partial charge is 0.353 e. The zero-order valence-electron chi connectivity index (χ0n) is 16.5. The molecule has 2 N–H and O–H groups in total. The van der Waals surface area contributed by atoms with E-state index in [-0.39, 0.29) is 36.0 Å². The van der Waals surface area contributed by atoms with Crippen molar-refractivity contribution in [2.24, 2.45) is 5.92 Å². The molecule has 1 unspecified atom stereocenters. The van der Waals surface area contributed by atoms with Gasteiger partial charge in [-0.1, -0.05) is 53.0 Å². The van der Waals surface area contributed by atoms with Gasteiger partial charge in [-0.05, 0) is 36.5 Å². The van der Waals surface area contributed by atoms with Gasteiger partial charge < -0.3 is 10.6 Å². The highest BCUT2D eigenvalue weighted by Crippen LogP contribution is 2.16. The Morgan fingerprint density at radius 3 is 2.38 bits per heavy atom. The summed E-state index contributed by atoms with van der Waals surface area (Å²) in [4.78, 5) is 24.4. The number of carbonyl (C=O) groups is 2. The topological polar surface area (TPSA) is 58.2 Å². The van der Waals surface area contributed by atoms with Crippen LogP contribution in [0.4, 0.5) is 10.1 Å². The molecule has 2 amide bonds. The summed E-state index contributed by atoms with van der Waals surface area (Å²) in [5.41, 5.74) is 1.07. The van der Waals surface area contributed by atoms with Gasteiger partial charge in [0.15, 0.2) is 0 Å². The van der Waals surface area contributed by atoms with Gasteiger partial charge in [-0.2, -0.15) is 0 Å². The molecule has 1 aromatic rings. The van der Waals surface area contributed by atoms with Crippen LogP contribution in [0, 0.1) is 11.7 Å². The molecule has 0 saturated carbocycles. The third-order valence-electron chi connectivity index (χ3n) is 4.53. The fraction of sp³-hybridized carbons (Fsp3) is 0.619. The maximum absolute atomic E-state index is 13.8. The van der Waals surface area contributed by atoms with E-state index in [4.69, 9.17) is 0 Å². The van der Waals surface area contributed by atoms with Gasteiger partial charge in [-0.3, -0.25) is 9.59 Å². The average molecular weight is 365 g/mol. The van der Waals surface area contributed by atoms with E-state index in [0.717, 1.165) is 25.7 Å². The Morgan fingerprint density at radius 1 is 1.08 bits per heavy atom. The molecule has 146 valence electrons. The van der Waals surface area contributed by atoms with E-state index in [2.05, 4.69) is 17.6 Å². The molecule has 1 rings (SSSR count). The van der Waals surface area contributed by atoms with E-state index < -0.39 is 0 Å². The summed E-state index contributed by atoms with van der Waals surface area (Å²) >= 11 is 0. The van der Waals surface area contributed by atoms with E-state index in [1.807, 2.05) is 20.8 Å². The number of aryl methyl sites for hydroxylation is 1. The number of amides is 2. The summed E-state index contributed by atoms with van der Waals surface area (Å²) in [7, 11) is 0. The van der Waals surface area contributed by atoms with E-state index in [1.165, 1.54) is 6.07 Å². The molecule has 0 saturated heterocycles. The monoisotopic (exact) mass is 364 g/mol. The minimum Gasteiger partial charge on any atom is -0.353 e. The molecule has 1 aromatic carbocycles. The van der Waals surface area contributed by atoms with E-state index in [1.54, 1.807) is 12.1 Å². The summed E-state index contributed by atoms with van der Waals surface area (Å²) < 4.78 is 13.8. The Bertz CT molecular complexity index is 587. The van der Waals surface area contributed by atoms with Crippen LogP contribution >= 0.6 is 0 Å². The molecule has 0 radical (unpaired) electrons. The minimum atomic E-state index is -0.314. The van der Waals surface area contributed by atoms with Crippen molar-refractivity contribution in [2.75, 3.05) is 5.32 Å². The molecule has 5 heteroatoms. The second-order valence-electron chi connectivity index (χ2n) is 7.14. The predicted octanol–water partition coefficient (Wildman–Crippen LogP) is 4.83. The van der Waals surface area contributed by atoms with Crippen LogP contribution in [0.1, 0.15) is 71.8 Å². The van der Waals surface area contributed by atoms with Gasteiger partial charge in [0.1, 0.15) is 5.82 Å². The molecule has 0 aliphatic carbocycles. The third-order valence-corrected chi connectivity index (χ3v) is 4.53. The van der Waals surface area contributed by atoms with E-state index in [9.17, 15) is 14.0 Å². The molecule has 0 fully saturated rings. The number of benzene rings is 1. The second kappa shape index (κ2) is 11.7. The highest BCUT2D eigenvalue weighted by Gasteiger charge is 2.20. The van der Waals surface area contributed by atoms with E-state index >= 15 is 0 Å². The fourth-order valence-corrected chi connectivity index (χ4v) is 2.77. The molecule has 4 nitrogen and oxygen atoms in total. The quantitative estimate of drug-likeness (QED) is 0.553. The Balaban J connectivity index is 2.54. The molecule has 0 aliphatic rings. The van der Waals surface area contributed by atoms with Crippen LogP contribution in [0.15, 0.2) is 18.2 Å². The van der Waals surface area contributed by atoms with Crippen LogP contribution in [-0.4, -0.2) is 17.9 Å². The first kappa shape index (κ1) is 22.1. The summed E-state index contributed by atoms with van der Waals surface area (Å²) in [5, 5.41) is 5.69. The van der Waals surface area contributed by atoms with Gasteiger partial charge in [0.25, 0.3) is 0 Å². The van der Waals surface area contributed by atoms with Crippen molar-refractivity contribution in [1.29, 1.82) is 0 Å². The molecule has 0 heterocycles. The highest BCUT2D eigenvalue weighted by molar-refractivity contribution is 5.91. The van der Waals surface area contributed by atoms with Crippen molar-refractivity contribution in [3.8, 4) is 0 Å². The standard InChI is InChI=1S/C21H33FN2O2/c1-5-7-8-9-10-20(25)24-19(15(3)4)14-21(26)23-17-12-11-16(6-2)18(22)13-17/h11-13,15,19H,5-10,14H2,1-4H3,(H,23,26)(H,24,25). The van der Waals surface area contributed by atoms with Gasteiger partial charge >= 0.3 is 0 Å². The molecule has 0 bridgehead atoms. The van der Waals surface area contributed by atoms with Gasteiger partial charge in [-0.15, -0.1) is 0 Å². The first-order valence-electron chi connectivity index (χ1n) is 9.75. The second-order valence-corrected chi connectivity index (χ2v) is 7.14. The Labute approximate surface area is 156 Å². The normalized spacial score (nSPS) is 12.1. The van der Waals surface area contributed by atoms with Crippen LogP contribution in [0.5, 0.6) is 0 Å². The lowest BCUT2D eigenvalue weighted by Crippen LogP contribution is -2.41. The maximum Gasteiger partial charge on any atom is 0.226 e. The van der Waals surface area contributed by atoms with Crippen molar-refractivity contribution in [3.63, 3.8) is 0 Å². The number of rotatable bonds is 11. The van der Waals surface area contributed by atoms with Gasteiger partial charge in [0.2, 0.25) is 11.8 Å². The molecule has 0 aliphatic heterocycles. The summed E-state index contributed by atoms with van der Waals surface area (Å²) in [6.45, 7) is 7.97. The number of nitrogens with one attached hydrogen (secondary N) is 2. The Morgan fingerprint density at radius 2 is 1.81 bits per heavy atom. The molecule has 0 spiro atoms. The molecular weight excluding hydrogens is 331 g/mol. The molecule has 26 heavy (non-hydrogen) atoms. The van der Waals surface area contributed by atoms with Crippen LogP contribution in [0.25, 0.3) is 0 Å². The number of hydrogen-bond donors (Lipinski definition) is 2. The van der Waals surface area contributed by atoms with Crippen molar-refractivity contribution in [1.82, 2.24) is 5.32 Å². The minimum absolute atomic E-state index is 0.00838. The van der Waals surface area contributed by atoms with Crippen molar-refractivity contribution in [3.05, 3.63) is 29.6 Å². The Hall–Kier alpha value is -1.91. The number of hydrogen-bond acceptors (Lipinski definition) is 2. The first-order valence-corrected chi connectivity index (χ1v) is 9.75. The average Bonchev–Trinajstić information content (AvgIpc) is 2.58. The number of anilines is 1. The summed E-state index contributed by atoms with van der Waals surface area (Å²) in [5.74, 6) is -0.407. The Kier molecular flexibility index (Phi) is 9.92. The molecule has 0 aromatic heterocycles. The molecular formula is C21H33FN2O2. The molecule has 1 atom stereocenters. The number of unbranched alkanes of at least 4 members (excludes halogenated alkanes) is 3. The van der Waals surface area contributed by atoms with Crippen LogP contribution in [0.2, 0.25) is 0 Å². The lowest BCUT2D eigenvalue weighted by atomic mass is 10.00. The van der Waals surface area contributed by atoms with Crippen LogP contribution < -0.4 is 10.6 Å². The smallest absolute Gasteiger partial charge is 0.226 e. The number of carbonyl (C=O) groups excluding carboxylic acids is 2. The summed E-state index contributed by atoms with van der Waals surface area (Å²) in [6.07, 6.45) is 5.48. The van der Waals surface area contributed by atoms with Crippen molar-refractivity contribution >= 4 is 17.5 Å². The maximum atomic E-state index is 13.8. The van der Waals surface area contributed by atoms with Crippen LogP contribution in [-0.2, 0) is 16.0 Å². The van der Waals surface area contributed by atoms with Crippen molar-refractivity contribution < 1.29 is 14.0 Å².